The monoisotopic (exact) mass is 580 g/mol. The van der Waals surface area contributed by atoms with Crippen LogP contribution in [0.2, 0.25) is 18.1 Å². The first-order valence-corrected chi connectivity index (χ1v) is 18.0. The van der Waals surface area contributed by atoms with Crippen LogP contribution in [-0.2, 0) is 40.8 Å². The lowest BCUT2D eigenvalue weighted by Crippen LogP contribution is -2.66. The Morgan fingerprint density at radius 1 is 0.850 bits per heavy atom. The van der Waals surface area contributed by atoms with Crippen LogP contribution in [0.25, 0.3) is 0 Å². The molecule has 0 aliphatic carbocycles. The molecule has 3 aromatic carbocycles. The van der Waals surface area contributed by atoms with Gasteiger partial charge in [-0.2, -0.15) is 0 Å². The average Bonchev–Trinajstić information content (AvgIpc) is 2.96. The molecule has 0 saturated carbocycles. The molecule has 0 radical (unpaired) electrons. The summed E-state index contributed by atoms with van der Waals surface area (Å²) in [5.41, 5.74) is 1.20. The van der Waals surface area contributed by atoms with E-state index in [4.69, 9.17) is 23.4 Å². The fraction of sp³-hybridized carbons (Fsp3) is 0.438. The Kier molecular flexibility index (Phi) is 9.07. The number of ether oxygens (including phenoxy) is 4. The third-order valence-corrected chi connectivity index (χ3v) is 14.1. The number of hydrogen-bond acceptors (Lipinski definition) is 6. The lowest BCUT2D eigenvalue weighted by atomic mass is 9.98. The molecule has 5 rings (SSSR count). The Bertz CT molecular complexity index is 1250. The minimum absolute atomic E-state index is 0.0527. The van der Waals surface area contributed by atoms with Crippen LogP contribution in [0, 0.1) is 0 Å². The van der Waals surface area contributed by atoms with E-state index >= 15 is 0 Å². The van der Waals surface area contributed by atoms with Gasteiger partial charge in [-0.15, -0.1) is 0 Å². The predicted octanol–water partition coefficient (Wildman–Crippen LogP) is 6.61. The van der Waals surface area contributed by atoms with Crippen LogP contribution >= 0.6 is 0 Å². The van der Waals surface area contributed by atoms with E-state index in [2.05, 4.69) is 33.9 Å². The quantitative estimate of drug-likeness (QED) is 0.280. The second kappa shape index (κ2) is 12.4. The van der Waals surface area contributed by atoms with Crippen molar-refractivity contribution in [2.45, 2.75) is 86.5 Å². The highest BCUT2D eigenvalue weighted by atomic mass is 32.2. The van der Waals surface area contributed by atoms with Gasteiger partial charge in [-0.3, -0.25) is 4.21 Å². The first-order chi connectivity index (χ1) is 19.1. The summed E-state index contributed by atoms with van der Waals surface area (Å²) < 4.78 is 47.2. The Labute approximate surface area is 241 Å². The van der Waals surface area contributed by atoms with Crippen LogP contribution in [0.15, 0.2) is 95.9 Å². The van der Waals surface area contributed by atoms with Crippen molar-refractivity contribution in [1.29, 1.82) is 0 Å². The molecule has 2 aliphatic heterocycles. The van der Waals surface area contributed by atoms with Crippen LogP contribution in [0.3, 0.4) is 0 Å². The van der Waals surface area contributed by atoms with Crippen molar-refractivity contribution in [1.82, 2.24) is 0 Å². The highest BCUT2D eigenvalue weighted by Crippen LogP contribution is 2.43. The maximum atomic E-state index is 14.1. The van der Waals surface area contributed by atoms with Gasteiger partial charge in [0, 0.05) is 10.5 Å². The molecular weight excluding hydrogens is 540 g/mol. The first-order valence-electron chi connectivity index (χ1n) is 13.9. The summed E-state index contributed by atoms with van der Waals surface area (Å²) >= 11 is 0. The zero-order valence-electron chi connectivity index (χ0n) is 23.9. The second-order valence-electron chi connectivity index (χ2n) is 11.9. The summed E-state index contributed by atoms with van der Waals surface area (Å²) in [5.74, 6) is 0. The van der Waals surface area contributed by atoms with Gasteiger partial charge in [-0.1, -0.05) is 99.6 Å². The SMILES string of the molecule is CC(C)(C)[Si](C)(C)O[C@H]1[C@@H]2O[C@H](c3ccccc3)OC[C@H]2O[C@H](S(=O)c2ccccc2)[C@H]1OCc1ccccc1. The van der Waals surface area contributed by atoms with Gasteiger partial charge in [0.05, 0.1) is 24.0 Å². The van der Waals surface area contributed by atoms with Crippen molar-refractivity contribution in [2.75, 3.05) is 6.61 Å². The highest BCUT2D eigenvalue weighted by Gasteiger charge is 2.55. The Balaban J connectivity index is 1.53. The Morgan fingerprint density at radius 3 is 2.08 bits per heavy atom. The predicted molar refractivity (Wildman–Crippen MR) is 159 cm³/mol. The molecule has 2 saturated heterocycles. The van der Waals surface area contributed by atoms with Gasteiger partial charge in [-0.05, 0) is 35.8 Å². The smallest absolute Gasteiger partial charge is 0.192 e. The maximum absolute atomic E-state index is 14.1. The van der Waals surface area contributed by atoms with Gasteiger partial charge in [0.1, 0.15) is 24.4 Å². The summed E-state index contributed by atoms with van der Waals surface area (Å²) in [6.07, 6.45) is -2.60. The summed E-state index contributed by atoms with van der Waals surface area (Å²) in [4.78, 5) is 0.685. The molecule has 0 spiro atoms. The number of hydrogen-bond donors (Lipinski definition) is 0. The fourth-order valence-electron chi connectivity index (χ4n) is 4.78. The van der Waals surface area contributed by atoms with Crippen molar-refractivity contribution in [3.63, 3.8) is 0 Å². The van der Waals surface area contributed by atoms with E-state index in [-0.39, 0.29) is 5.04 Å². The van der Waals surface area contributed by atoms with E-state index in [1.165, 1.54) is 0 Å². The normalized spacial score (nSPS) is 28.0. The van der Waals surface area contributed by atoms with Crippen molar-refractivity contribution < 1.29 is 27.6 Å². The molecule has 7 atom stereocenters. The van der Waals surface area contributed by atoms with Crippen molar-refractivity contribution in [2.24, 2.45) is 0 Å². The molecule has 3 aromatic rings. The summed E-state index contributed by atoms with van der Waals surface area (Å²) in [7, 11) is -3.83. The lowest BCUT2D eigenvalue weighted by molar-refractivity contribution is -0.321. The van der Waals surface area contributed by atoms with E-state index in [0.717, 1.165) is 11.1 Å². The molecule has 2 heterocycles. The van der Waals surface area contributed by atoms with E-state index in [1.807, 2.05) is 91.0 Å². The van der Waals surface area contributed by atoms with Crippen molar-refractivity contribution in [3.05, 3.63) is 102 Å². The average molecular weight is 581 g/mol. The number of fused-ring (bicyclic) bond motifs is 1. The molecular formula is C32H40O6SSi. The third kappa shape index (κ3) is 6.49. The van der Waals surface area contributed by atoms with Crippen LogP contribution in [-0.4, -0.2) is 49.0 Å². The molecule has 6 nitrogen and oxygen atoms in total. The van der Waals surface area contributed by atoms with Gasteiger partial charge in [0.25, 0.3) is 0 Å². The first kappa shape index (κ1) is 29.3. The topological polar surface area (TPSA) is 63.2 Å². The second-order valence-corrected chi connectivity index (χ2v) is 18.2. The van der Waals surface area contributed by atoms with E-state index in [0.29, 0.717) is 18.1 Å². The zero-order chi connectivity index (χ0) is 28.3. The highest BCUT2D eigenvalue weighted by molar-refractivity contribution is 7.85. The summed E-state index contributed by atoms with van der Waals surface area (Å²) in [6.45, 7) is 11.7. The molecule has 0 N–H and O–H groups in total. The molecule has 214 valence electrons. The third-order valence-electron chi connectivity index (χ3n) is 8.06. The maximum Gasteiger partial charge on any atom is 0.192 e. The van der Waals surface area contributed by atoms with E-state index in [1.54, 1.807) is 0 Å². The summed E-state index contributed by atoms with van der Waals surface area (Å²) in [6, 6.07) is 29.3. The standard InChI is InChI=1S/C32H40O6SSi/c1-32(2,3)40(4,5)38-28-27-26(22-35-30(37-27)24-17-11-7-12-18-24)36-31(39(33)25-19-13-8-14-20-25)29(28)34-21-23-15-9-6-10-16-23/h6-20,26-31H,21-22H2,1-5H3/t26-,27-,28+,29+,30-,31-,39?/m1/s1. The Hall–Kier alpha value is -2.17. The lowest BCUT2D eigenvalue weighted by Gasteiger charge is -2.52. The van der Waals surface area contributed by atoms with E-state index in [9.17, 15) is 4.21 Å². The van der Waals surface area contributed by atoms with Crippen LogP contribution in [0.5, 0.6) is 0 Å². The number of benzene rings is 3. The van der Waals surface area contributed by atoms with Gasteiger partial charge in [-0.25, -0.2) is 0 Å². The summed E-state index contributed by atoms with van der Waals surface area (Å²) in [5, 5.41) is -0.0527. The van der Waals surface area contributed by atoms with Gasteiger partial charge in [0.15, 0.2) is 20.0 Å². The number of rotatable bonds is 8. The van der Waals surface area contributed by atoms with Crippen LogP contribution in [0.4, 0.5) is 0 Å². The molecule has 40 heavy (non-hydrogen) atoms. The molecule has 1 unspecified atom stereocenters. The van der Waals surface area contributed by atoms with E-state index < -0.39 is 55.3 Å². The minimum Gasteiger partial charge on any atom is -0.408 e. The molecule has 0 aromatic heterocycles. The van der Waals surface area contributed by atoms with Crippen LogP contribution in [0.1, 0.15) is 38.2 Å². The minimum atomic E-state index is -2.32. The molecule has 8 heteroatoms. The Morgan fingerprint density at radius 2 is 1.45 bits per heavy atom. The van der Waals surface area contributed by atoms with Gasteiger partial charge in [0.2, 0.25) is 0 Å². The van der Waals surface area contributed by atoms with Gasteiger partial charge >= 0.3 is 0 Å². The zero-order valence-corrected chi connectivity index (χ0v) is 25.7. The largest absolute Gasteiger partial charge is 0.408 e. The molecule has 0 bridgehead atoms. The molecule has 2 fully saturated rings. The van der Waals surface area contributed by atoms with Crippen LogP contribution < -0.4 is 0 Å². The molecule has 0 amide bonds. The van der Waals surface area contributed by atoms with Crippen molar-refractivity contribution in [3.8, 4) is 0 Å². The van der Waals surface area contributed by atoms with Gasteiger partial charge < -0.3 is 23.4 Å². The van der Waals surface area contributed by atoms with Crippen molar-refractivity contribution >= 4 is 19.1 Å². The fourth-order valence-corrected chi connectivity index (χ4v) is 7.50. The molecule has 2 aliphatic rings.